The number of carbonyl (C=O) groups is 1. The third-order valence-electron chi connectivity index (χ3n) is 4.15. The van der Waals surface area contributed by atoms with Crippen molar-refractivity contribution in [3.63, 3.8) is 0 Å². The van der Waals surface area contributed by atoms with Crippen molar-refractivity contribution in [2.45, 2.75) is 6.54 Å². The van der Waals surface area contributed by atoms with Gasteiger partial charge >= 0.3 is 0 Å². The Hall–Kier alpha value is -3.74. The summed E-state index contributed by atoms with van der Waals surface area (Å²) in [5, 5.41) is 8.01. The molecule has 1 N–H and O–H groups in total. The highest BCUT2D eigenvalue weighted by Gasteiger charge is 2.13. The van der Waals surface area contributed by atoms with Crippen LogP contribution in [0.1, 0.15) is 5.56 Å². The lowest BCUT2D eigenvalue weighted by atomic mass is 10.2. The molecule has 0 atom stereocenters. The van der Waals surface area contributed by atoms with Crippen LogP contribution < -0.4 is 10.1 Å². The molecule has 0 aliphatic heterocycles. The molecule has 0 aliphatic carbocycles. The first kappa shape index (κ1) is 17.7. The van der Waals surface area contributed by atoms with Crippen molar-refractivity contribution in [3.05, 3.63) is 84.4 Å². The molecule has 0 saturated carbocycles. The number of nitrogens with one attached hydrogen (secondary N) is 1. The number of hydrogen-bond acceptors (Lipinski definition) is 4. The zero-order chi connectivity index (χ0) is 19.3. The molecule has 2 aromatic heterocycles. The molecular formula is C21H17FN4O2. The summed E-state index contributed by atoms with van der Waals surface area (Å²) in [6, 6.07) is 17.4. The van der Waals surface area contributed by atoms with Crippen LogP contribution in [0.2, 0.25) is 0 Å². The van der Waals surface area contributed by atoms with Crippen LogP contribution in [0.5, 0.6) is 5.88 Å². The molecule has 7 heteroatoms. The van der Waals surface area contributed by atoms with Gasteiger partial charge in [-0.05, 0) is 42.0 Å². The van der Waals surface area contributed by atoms with Crippen molar-refractivity contribution >= 4 is 22.5 Å². The number of pyridine rings is 1. The molecule has 140 valence electrons. The summed E-state index contributed by atoms with van der Waals surface area (Å²) in [5.41, 5.74) is 2.38. The molecule has 0 unspecified atom stereocenters. The summed E-state index contributed by atoms with van der Waals surface area (Å²) in [4.78, 5) is 16.1. The minimum atomic E-state index is -0.301. The number of halogens is 1. The minimum Gasteiger partial charge on any atom is -0.466 e. The van der Waals surface area contributed by atoms with E-state index in [1.807, 2.05) is 24.3 Å². The summed E-state index contributed by atoms with van der Waals surface area (Å²) in [6.45, 7) is 0.290. The van der Waals surface area contributed by atoms with Gasteiger partial charge in [0, 0.05) is 6.20 Å². The van der Waals surface area contributed by atoms with Crippen molar-refractivity contribution in [2.75, 3.05) is 11.9 Å². The summed E-state index contributed by atoms with van der Waals surface area (Å²) < 4.78 is 20.6. The Balaban J connectivity index is 1.51. The SMILES string of the molecule is O=C(COc1nn(Cc2ccc(F)cc2)c2ccccc12)Nc1cccnc1. The van der Waals surface area contributed by atoms with E-state index in [9.17, 15) is 9.18 Å². The first-order chi connectivity index (χ1) is 13.7. The Morgan fingerprint density at radius 3 is 2.68 bits per heavy atom. The van der Waals surface area contributed by atoms with Crippen LogP contribution in [0.4, 0.5) is 10.1 Å². The zero-order valence-electron chi connectivity index (χ0n) is 14.9. The predicted molar refractivity (Wildman–Crippen MR) is 104 cm³/mol. The van der Waals surface area contributed by atoms with E-state index < -0.39 is 0 Å². The second-order valence-electron chi connectivity index (χ2n) is 6.18. The third kappa shape index (κ3) is 3.98. The lowest BCUT2D eigenvalue weighted by molar-refractivity contribution is -0.118. The van der Waals surface area contributed by atoms with Gasteiger partial charge in [0.1, 0.15) is 5.82 Å². The largest absolute Gasteiger partial charge is 0.466 e. The number of nitrogens with zero attached hydrogens (tertiary/aromatic N) is 3. The Labute approximate surface area is 160 Å². The van der Waals surface area contributed by atoms with Gasteiger partial charge in [-0.25, -0.2) is 4.39 Å². The predicted octanol–water partition coefficient (Wildman–Crippen LogP) is 3.64. The summed E-state index contributed by atoms with van der Waals surface area (Å²) in [7, 11) is 0. The van der Waals surface area contributed by atoms with Gasteiger partial charge in [-0.2, -0.15) is 0 Å². The molecule has 0 aliphatic rings. The van der Waals surface area contributed by atoms with Crippen LogP contribution in [-0.4, -0.2) is 27.3 Å². The number of para-hydroxylation sites is 1. The molecular weight excluding hydrogens is 359 g/mol. The molecule has 6 nitrogen and oxygen atoms in total. The molecule has 28 heavy (non-hydrogen) atoms. The molecule has 0 saturated heterocycles. The smallest absolute Gasteiger partial charge is 0.262 e. The molecule has 1 amide bonds. The summed E-state index contributed by atoms with van der Waals surface area (Å²) >= 11 is 0. The lowest BCUT2D eigenvalue weighted by Crippen LogP contribution is -2.20. The maximum atomic E-state index is 13.1. The van der Waals surface area contributed by atoms with Crippen LogP contribution in [0.3, 0.4) is 0 Å². The van der Waals surface area contributed by atoms with Crippen molar-refractivity contribution in [1.29, 1.82) is 0 Å². The molecule has 4 aromatic rings. The van der Waals surface area contributed by atoms with E-state index in [1.54, 1.807) is 41.3 Å². The molecule has 2 aromatic carbocycles. The van der Waals surface area contributed by atoms with Crippen molar-refractivity contribution in [2.24, 2.45) is 0 Å². The van der Waals surface area contributed by atoms with Gasteiger partial charge < -0.3 is 10.1 Å². The zero-order valence-corrected chi connectivity index (χ0v) is 14.9. The first-order valence-electron chi connectivity index (χ1n) is 8.72. The van der Waals surface area contributed by atoms with Crippen LogP contribution >= 0.6 is 0 Å². The molecule has 0 bridgehead atoms. The number of benzene rings is 2. The van der Waals surface area contributed by atoms with Gasteiger partial charge in [0.25, 0.3) is 5.91 Å². The number of amides is 1. The Kier molecular flexibility index (Phi) is 4.97. The Morgan fingerprint density at radius 2 is 1.89 bits per heavy atom. The van der Waals surface area contributed by atoms with Crippen molar-refractivity contribution in [3.8, 4) is 5.88 Å². The summed E-state index contributed by atoms with van der Waals surface area (Å²) in [5.74, 6) is -0.207. The monoisotopic (exact) mass is 376 g/mol. The number of aromatic nitrogens is 3. The fraction of sp³-hybridized carbons (Fsp3) is 0.0952. The standard InChI is InChI=1S/C21H17FN4O2/c22-16-9-7-15(8-10-16)13-26-19-6-2-1-5-18(19)21(25-26)28-14-20(27)24-17-4-3-11-23-12-17/h1-12H,13-14H2,(H,24,27). The highest BCUT2D eigenvalue weighted by atomic mass is 19.1. The quantitative estimate of drug-likeness (QED) is 0.558. The topological polar surface area (TPSA) is 69.0 Å². The second-order valence-corrected chi connectivity index (χ2v) is 6.18. The average molecular weight is 376 g/mol. The summed E-state index contributed by atoms with van der Waals surface area (Å²) in [6.07, 6.45) is 3.19. The van der Waals surface area contributed by atoms with Crippen LogP contribution in [0.15, 0.2) is 73.1 Å². The van der Waals surface area contributed by atoms with Gasteiger partial charge in [0.05, 0.1) is 29.3 Å². The number of fused-ring (bicyclic) bond motifs is 1. The van der Waals surface area contributed by atoms with E-state index >= 15 is 0 Å². The van der Waals surface area contributed by atoms with E-state index in [0.717, 1.165) is 16.5 Å². The fourth-order valence-electron chi connectivity index (χ4n) is 2.85. The normalized spacial score (nSPS) is 10.8. The number of carbonyl (C=O) groups excluding carboxylic acids is 1. The third-order valence-corrected chi connectivity index (χ3v) is 4.15. The van der Waals surface area contributed by atoms with Crippen LogP contribution in [0.25, 0.3) is 10.9 Å². The molecule has 2 heterocycles. The highest BCUT2D eigenvalue weighted by molar-refractivity contribution is 5.92. The number of hydrogen-bond donors (Lipinski definition) is 1. The van der Waals surface area contributed by atoms with Crippen LogP contribution in [0, 0.1) is 5.82 Å². The van der Waals surface area contributed by atoms with E-state index in [4.69, 9.17) is 4.74 Å². The van der Waals surface area contributed by atoms with E-state index in [0.29, 0.717) is 18.1 Å². The number of anilines is 1. The number of ether oxygens (including phenoxy) is 1. The first-order valence-corrected chi connectivity index (χ1v) is 8.72. The van der Waals surface area contributed by atoms with Gasteiger partial charge in [0.2, 0.25) is 5.88 Å². The molecule has 4 rings (SSSR count). The lowest BCUT2D eigenvalue weighted by Gasteiger charge is -2.05. The van der Waals surface area contributed by atoms with Crippen LogP contribution in [-0.2, 0) is 11.3 Å². The minimum absolute atomic E-state index is 0.174. The maximum Gasteiger partial charge on any atom is 0.262 e. The Bertz CT molecular complexity index is 1090. The van der Waals surface area contributed by atoms with E-state index in [2.05, 4.69) is 15.4 Å². The average Bonchev–Trinajstić information content (AvgIpc) is 3.07. The highest BCUT2D eigenvalue weighted by Crippen LogP contribution is 2.25. The van der Waals surface area contributed by atoms with Gasteiger partial charge in [-0.1, -0.05) is 24.3 Å². The second kappa shape index (κ2) is 7.87. The van der Waals surface area contributed by atoms with Crippen molar-refractivity contribution < 1.29 is 13.9 Å². The maximum absolute atomic E-state index is 13.1. The molecule has 0 radical (unpaired) electrons. The molecule has 0 fully saturated rings. The number of rotatable bonds is 6. The van der Waals surface area contributed by atoms with Gasteiger partial charge in [-0.3, -0.25) is 14.5 Å². The van der Waals surface area contributed by atoms with E-state index in [1.165, 1.54) is 12.1 Å². The Morgan fingerprint density at radius 1 is 1.07 bits per heavy atom. The van der Waals surface area contributed by atoms with E-state index in [-0.39, 0.29) is 18.3 Å². The fourth-order valence-corrected chi connectivity index (χ4v) is 2.85. The van der Waals surface area contributed by atoms with Gasteiger partial charge in [0.15, 0.2) is 6.61 Å². The molecule has 0 spiro atoms. The van der Waals surface area contributed by atoms with Gasteiger partial charge in [-0.15, -0.1) is 5.10 Å². The van der Waals surface area contributed by atoms with Crippen molar-refractivity contribution in [1.82, 2.24) is 14.8 Å².